The Morgan fingerprint density at radius 2 is 2.24 bits per heavy atom. The first-order chi connectivity index (χ1) is 7.58. The zero-order chi connectivity index (χ0) is 11.6. The summed E-state index contributed by atoms with van der Waals surface area (Å²) in [5, 5.41) is 3.11. The fraction of sp³-hybridized carbons (Fsp3) is 0.444. The average Bonchev–Trinajstić information content (AvgIpc) is 2.70. The van der Waals surface area contributed by atoms with E-state index in [0.29, 0.717) is 11.0 Å². The van der Waals surface area contributed by atoms with Gasteiger partial charge in [-0.2, -0.15) is 0 Å². The fourth-order valence-electron chi connectivity index (χ4n) is 1.58. The van der Waals surface area contributed by atoms with E-state index < -0.39 is 10.0 Å². The van der Waals surface area contributed by atoms with Crippen LogP contribution in [0.25, 0.3) is 0 Å². The minimum Gasteiger partial charge on any atom is -0.315 e. The van der Waals surface area contributed by atoms with Gasteiger partial charge in [0.1, 0.15) is 4.90 Å². The second-order valence-electron chi connectivity index (χ2n) is 3.65. The summed E-state index contributed by atoms with van der Waals surface area (Å²) in [4.78, 5) is 4.03. The highest BCUT2D eigenvalue weighted by Crippen LogP contribution is 2.15. The molecule has 1 fully saturated rings. The van der Waals surface area contributed by atoms with Crippen LogP contribution in [0.1, 0.15) is 6.42 Å². The maximum atomic E-state index is 11.9. The van der Waals surface area contributed by atoms with Crippen LogP contribution in [-0.4, -0.2) is 32.5 Å². The summed E-state index contributed by atoms with van der Waals surface area (Å²) in [6.45, 7) is 1.53. The maximum absolute atomic E-state index is 11.9. The van der Waals surface area contributed by atoms with Gasteiger partial charge in [0.25, 0.3) is 0 Å². The summed E-state index contributed by atoms with van der Waals surface area (Å²) in [5.74, 6) is 0. The Balaban J connectivity index is 0.00000144. The SMILES string of the molecule is Cl.O=S(=O)(NC1CCNC1)c1cncc(Br)c1. The van der Waals surface area contributed by atoms with E-state index in [4.69, 9.17) is 0 Å². The smallest absolute Gasteiger partial charge is 0.242 e. The van der Waals surface area contributed by atoms with Crippen molar-refractivity contribution >= 4 is 38.4 Å². The molecule has 1 aliphatic rings. The molecule has 0 amide bonds. The molecule has 17 heavy (non-hydrogen) atoms. The van der Waals surface area contributed by atoms with Crippen molar-refractivity contribution in [3.8, 4) is 0 Å². The zero-order valence-electron chi connectivity index (χ0n) is 8.89. The zero-order valence-corrected chi connectivity index (χ0v) is 12.1. The van der Waals surface area contributed by atoms with Crippen LogP contribution >= 0.6 is 28.3 Å². The van der Waals surface area contributed by atoms with Gasteiger partial charge < -0.3 is 5.32 Å². The van der Waals surface area contributed by atoms with Crippen molar-refractivity contribution in [2.45, 2.75) is 17.4 Å². The molecule has 0 aromatic carbocycles. The normalized spacial score (nSPS) is 19.9. The molecule has 2 rings (SSSR count). The minimum absolute atomic E-state index is 0. The molecule has 0 saturated carbocycles. The van der Waals surface area contributed by atoms with Gasteiger partial charge in [0.2, 0.25) is 10.0 Å². The highest BCUT2D eigenvalue weighted by atomic mass is 79.9. The largest absolute Gasteiger partial charge is 0.315 e. The van der Waals surface area contributed by atoms with E-state index in [1.165, 1.54) is 12.3 Å². The van der Waals surface area contributed by atoms with Crippen LogP contribution in [0.5, 0.6) is 0 Å². The van der Waals surface area contributed by atoms with Crippen LogP contribution in [0.3, 0.4) is 0 Å². The van der Waals surface area contributed by atoms with Crippen molar-refractivity contribution < 1.29 is 8.42 Å². The highest BCUT2D eigenvalue weighted by molar-refractivity contribution is 9.10. The Labute approximate surface area is 115 Å². The van der Waals surface area contributed by atoms with Crippen molar-refractivity contribution in [3.05, 3.63) is 22.9 Å². The lowest BCUT2D eigenvalue weighted by atomic mass is 10.3. The molecule has 2 N–H and O–H groups in total. The molecular weight excluding hydrogens is 330 g/mol. The molecule has 1 aliphatic heterocycles. The van der Waals surface area contributed by atoms with Gasteiger partial charge in [0.05, 0.1) is 0 Å². The second-order valence-corrected chi connectivity index (χ2v) is 6.28. The minimum atomic E-state index is -3.45. The van der Waals surface area contributed by atoms with E-state index >= 15 is 0 Å². The molecule has 0 bridgehead atoms. The predicted octanol–water partition coefficient (Wildman–Crippen LogP) is 0.906. The van der Waals surface area contributed by atoms with Crippen molar-refractivity contribution in [3.63, 3.8) is 0 Å². The molecule has 1 saturated heterocycles. The lowest BCUT2D eigenvalue weighted by Crippen LogP contribution is -2.36. The number of nitrogens with zero attached hydrogens (tertiary/aromatic N) is 1. The molecule has 1 aromatic rings. The van der Waals surface area contributed by atoms with Crippen molar-refractivity contribution in [2.75, 3.05) is 13.1 Å². The molecule has 1 unspecified atom stereocenters. The molecule has 8 heteroatoms. The summed E-state index contributed by atoms with van der Waals surface area (Å²) in [6, 6.07) is 1.52. The predicted molar refractivity (Wildman–Crippen MR) is 70.8 cm³/mol. The van der Waals surface area contributed by atoms with Crippen LogP contribution in [0.15, 0.2) is 27.8 Å². The maximum Gasteiger partial charge on any atom is 0.242 e. The molecule has 96 valence electrons. The van der Waals surface area contributed by atoms with Gasteiger partial charge in [0.15, 0.2) is 0 Å². The topological polar surface area (TPSA) is 71.1 Å². The Bertz CT molecular complexity index is 477. The van der Waals surface area contributed by atoms with Crippen LogP contribution < -0.4 is 10.0 Å². The van der Waals surface area contributed by atoms with E-state index in [1.807, 2.05) is 0 Å². The van der Waals surface area contributed by atoms with Crippen molar-refractivity contribution in [1.29, 1.82) is 0 Å². The summed E-state index contributed by atoms with van der Waals surface area (Å²) in [7, 11) is -3.45. The van der Waals surface area contributed by atoms with Crippen LogP contribution in [0, 0.1) is 0 Å². The van der Waals surface area contributed by atoms with Crippen LogP contribution in [0.2, 0.25) is 0 Å². The standard InChI is InChI=1S/C9H12BrN3O2S.ClH/c10-7-3-9(6-12-4-7)16(14,15)13-8-1-2-11-5-8;/h3-4,6,8,11,13H,1-2,5H2;1H. The van der Waals surface area contributed by atoms with Gasteiger partial charge >= 0.3 is 0 Å². The third-order valence-electron chi connectivity index (χ3n) is 2.37. The van der Waals surface area contributed by atoms with E-state index in [0.717, 1.165) is 13.0 Å². The first-order valence-corrected chi connectivity index (χ1v) is 7.19. The molecule has 1 atom stereocenters. The number of aromatic nitrogens is 1. The summed E-state index contributed by atoms with van der Waals surface area (Å²) in [6.07, 6.45) is 3.71. The summed E-state index contributed by atoms with van der Waals surface area (Å²) in [5.41, 5.74) is 0. The number of hydrogen-bond donors (Lipinski definition) is 2. The second kappa shape index (κ2) is 6.10. The molecular formula is C9H13BrClN3O2S. The van der Waals surface area contributed by atoms with Crippen molar-refractivity contribution in [1.82, 2.24) is 15.0 Å². The first kappa shape index (κ1) is 14.8. The van der Waals surface area contributed by atoms with Gasteiger partial charge in [-0.3, -0.25) is 4.98 Å². The molecule has 5 nitrogen and oxygen atoms in total. The fourth-order valence-corrected chi connectivity index (χ4v) is 3.36. The third kappa shape index (κ3) is 3.89. The Morgan fingerprint density at radius 1 is 1.47 bits per heavy atom. The van der Waals surface area contributed by atoms with Gasteiger partial charge in [0, 0.05) is 29.5 Å². The lowest BCUT2D eigenvalue weighted by molar-refractivity contribution is 0.559. The first-order valence-electron chi connectivity index (χ1n) is 4.91. The van der Waals surface area contributed by atoms with Crippen LogP contribution in [0.4, 0.5) is 0 Å². The number of sulfonamides is 1. The Kier molecular flexibility index (Phi) is 5.33. The average molecular weight is 343 g/mol. The molecule has 1 aromatic heterocycles. The molecule has 2 heterocycles. The lowest BCUT2D eigenvalue weighted by Gasteiger charge is -2.11. The highest BCUT2D eigenvalue weighted by Gasteiger charge is 2.22. The Hall–Kier alpha value is -0.210. The van der Waals surface area contributed by atoms with Gasteiger partial charge in [-0.1, -0.05) is 0 Å². The third-order valence-corrected chi connectivity index (χ3v) is 4.29. The summed E-state index contributed by atoms with van der Waals surface area (Å²) < 4.78 is 27.2. The van der Waals surface area contributed by atoms with Gasteiger partial charge in [-0.05, 0) is 35.0 Å². The molecule has 0 radical (unpaired) electrons. The van der Waals surface area contributed by atoms with Gasteiger partial charge in [-0.25, -0.2) is 13.1 Å². The van der Waals surface area contributed by atoms with E-state index in [1.54, 1.807) is 6.20 Å². The number of nitrogens with one attached hydrogen (secondary N) is 2. The number of hydrogen-bond acceptors (Lipinski definition) is 4. The van der Waals surface area contributed by atoms with Crippen LogP contribution in [-0.2, 0) is 10.0 Å². The number of pyridine rings is 1. The quantitative estimate of drug-likeness (QED) is 0.856. The Morgan fingerprint density at radius 3 is 2.82 bits per heavy atom. The number of rotatable bonds is 3. The molecule has 0 aliphatic carbocycles. The number of halogens is 2. The summed E-state index contributed by atoms with van der Waals surface area (Å²) >= 11 is 3.20. The van der Waals surface area contributed by atoms with Gasteiger partial charge in [-0.15, -0.1) is 12.4 Å². The monoisotopic (exact) mass is 341 g/mol. The van der Waals surface area contributed by atoms with E-state index in [-0.39, 0.29) is 23.3 Å². The van der Waals surface area contributed by atoms with Crippen molar-refractivity contribution in [2.24, 2.45) is 0 Å². The molecule has 0 spiro atoms. The van der Waals surface area contributed by atoms with E-state index in [2.05, 4.69) is 31.0 Å². The van der Waals surface area contributed by atoms with E-state index in [9.17, 15) is 8.42 Å².